The SMILES string of the molecule is CNc1c(C(C)=N)nc(-c2ccccc2)nc1N(C)C. The van der Waals surface area contributed by atoms with E-state index < -0.39 is 0 Å². The van der Waals surface area contributed by atoms with Gasteiger partial charge in [-0.15, -0.1) is 0 Å². The molecule has 5 nitrogen and oxygen atoms in total. The van der Waals surface area contributed by atoms with Gasteiger partial charge in [-0.2, -0.15) is 0 Å². The molecule has 2 rings (SSSR count). The summed E-state index contributed by atoms with van der Waals surface area (Å²) >= 11 is 0. The van der Waals surface area contributed by atoms with Gasteiger partial charge < -0.3 is 15.6 Å². The van der Waals surface area contributed by atoms with Gasteiger partial charge in [0.25, 0.3) is 0 Å². The molecule has 20 heavy (non-hydrogen) atoms. The Labute approximate surface area is 119 Å². The lowest BCUT2D eigenvalue weighted by Gasteiger charge is -2.19. The molecule has 0 saturated carbocycles. The van der Waals surface area contributed by atoms with Crippen molar-refractivity contribution < 1.29 is 0 Å². The van der Waals surface area contributed by atoms with E-state index in [4.69, 9.17) is 5.41 Å². The van der Waals surface area contributed by atoms with Crippen molar-refractivity contribution >= 4 is 17.2 Å². The van der Waals surface area contributed by atoms with Crippen LogP contribution >= 0.6 is 0 Å². The van der Waals surface area contributed by atoms with Crippen molar-refractivity contribution in [1.29, 1.82) is 5.41 Å². The standard InChI is InChI=1S/C15H19N5/c1-10(16)12-13(17-2)15(20(3)4)19-14(18-12)11-8-6-5-7-9-11/h5-9,16-17H,1-4H3. The van der Waals surface area contributed by atoms with Crippen LogP contribution in [0.5, 0.6) is 0 Å². The van der Waals surface area contributed by atoms with Crippen molar-refractivity contribution in [2.24, 2.45) is 0 Å². The van der Waals surface area contributed by atoms with E-state index in [1.165, 1.54) is 0 Å². The molecular formula is C15H19N5. The molecule has 2 aromatic rings. The fourth-order valence-corrected chi connectivity index (χ4v) is 1.99. The van der Waals surface area contributed by atoms with E-state index in [1.54, 1.807) is 6.92 Å². The first-order valence-electron chi connectivity index (χ1n) is 6.42. The van der Waals surface area contributed by atoms with Crippen LogP contribution in [0.1, 0.15) is 12.6 Å². The molecule has 1 heterocycles. The summed E-state index contributed by atoms with van der Waals surface area (Å²) in [7, 11) is 5.68. The minimum absolute atomic E-state index is 0.414. The summed E-state index contributed by atoms with van der Waals surface area (Å²) in [6, 6.07) is 9.81. The lowest BCUT2D eigenvalue weighted by Crippen LogP contribution is -2.17. The van der Waals surface area contributed by atoms with Crippen LogP contribution in [0.15, 0.2) is 30.3 Å². The van der Waals surface area contributed by atoms with Crippen LogP contribution in [0.4, 0.5) is 11.5 Å². The highest BCUT2D eigenvalue weighted by atomic mass is 15.2. The predicted molar refractivity (Wildman–Crippen MR) is 83.8 cm³/mol. The van der Waals surface area contributed by atoms with Gasteiger partial charge in [0, 0.05) is 26.7 Å². The molecule has 0 unspecified atom stereocenters. The summed E-state index contributed by atoms with van der Waals surface area (Å²) in [6.07, 6.45) is 0. The first kappa shape index (κ1) is 14.0. The lowest BCUT2D eigenvalue weighted by atomic mass is 10.1. The Morgan fingerprint density at radius 1 is 1.15 bits per heavy atom. The van der Waals surface area contributed by atoms with Crippen molar-refractivity contribution in [1.82, 2.24) is 9.97 Å². The third kappa shape index (κ3) is 2.61. The van der Waals surface area contributed by atoms with Gasteiger partial charge in [-0.1, -0.05) is 30.3 Å². The topological polar surface area (TPSA) is 64.9 Å². The molecule has 0 fully saturated rings. The van der Waals surface area contributed by atoms with Gasteiger partial charge in [0.1, 0.15) is 11.4 Å². The first-order chi connectivity index (χ1) is 9.54. The maximum absolute atomic E-state index is 7.93. The number of hydrogen-bond donors (Lipinski definition) is 2. The van der Waals surface area contributed by atoms with E-state index in [1.807, 2.05) is 56.4 Å². The molecule has 0 saturated heterocycles. The van der Waals surface area contributed by atoms with E-state index in [2.05, 4.69) is 15.3 Å². The Hall–Kier alpha value is -2.43. The van der Waals surface area contributed by atoms with E-state index in [0.29, 0.717) is 17.2 Å². The highest BCUT2D eigenvalue weighted by Gasteiger charge is 2.17. The maximum atomic E-state index is 7.93. The van der Waals surface area contributed by atoms with Crippen LogP contribution in [0.3, 0.4) is 0 Å². The second-order valence-corrected chi connectivity index (χ2v) is 4.73. The summed E-state index contributed by atoms with van der Waals surface area (Å²) < 4.78 is 0. The third-order valence-electron chi connectivity index (χ3n) is 2.95. The molecule has 0 bridgehead atoms. The summed E-state index contributed by atoms with van der Waals surface area (Å²) in [4.78, 5) is 11.1. The average Bonchev–Trinajstić information content (AvgIpc) is 2.46. The van der Waals surface area contributed by atoms with Gasteiger partial charge in [-0.25, -0.2) is 9.97 Å². The second-order valence-electron chi connectivity index (χ2n) is 4.73. The molecule has 0 atom stereocenters. The van der Waals surface area contributed by atoms with Crippen LogP contribution in [-0.2, 0) is 0 Å². The van der Waals surface area contributed by atoms with Crippen LogP contribution in [0.2, 0.25) is 0 Å². The molecule has 0 aliphatic heterocycles. The van der Waals surface area contributed by atoms with E-state index in [9.17, 15) is 0 Å². The molecule has 1 aromatic heterocycles. The third-order valence-corrected chi connectivity index (χ3v) is 2.95. The Balaban J connectivity index is 2.69. The Kier molecular flexibility index (Phi) is 3.98. The molecule has 1 aromatic carbocycles. The number of aromatic nitrogens is 2. The van der Waals surface area contributed by atoms with E-state index in [-0.39, 0.29) is 0 Å². The fraction of sp³-hybridized carbons (Fsp3) is 0.267. The van der Waals surface area contributed by atoms with Crippen molar-refractivity contribution in [3.05, 3.63) is 36.0 Å². The maximum Gasteiger partial charge on any atom is 0.162 e. The molecule has 0 spiro atoms. The van der Waals surface area contributed by atoms with Crippen molar-refractivity contribution in [2.75, 3.05) is 31.4 Å². The predicted octanol–water partition coefficient (Wildman–Crippen LogP) is 2.64. The molecule has 2 N–H and O–H groups in total. The van der Waals surface area contributed by atoms with Gasteiger partial charge in [-0.05, 0) is 6.92 Å². The van der Waals surface area contributed by atoms with E-state index in [0.717, 1.165) is 17.1 Å². The zero-order chi connectivity index (χ0) is 14.7. The summed E-state index contributed by atoms with van der Waals surface area (Å²) in [5.74, 6) is 1.41. The molecule has 0 aliphatic rings. The van der Waals surface area contributed by atoms with Crippen LogP contribution in [-0.4, -0.2) is 36.8 Å². The smallest absolute Gasteiger partial charge is 0.162 e. The zero-order valence-electron chi connectivity index (χ0n) is 12.2. The van der Waals surface area contributed by atoms with Gasteiger partial charge >= 0.3 is 0 Å². The molecule has 0 amide bonds. The van der Waals surface area contributed by atoms with E-state index >= 15 is 0 Å². The monoisotopic (exact) mass is 269 g/mol. The number of anilines is 2. The zero-order valence-corrected chi connectivity index (χ0v) is 12.2. The highest BCUT2D eigenvalue weighted by molar-refractivity contribution is 6.02. The van der Waals surface area contributed by atoms with Gasteiger partial charge in [0.2, 0.25) is 0 Å². The van der Waals surface area contributed by atoms with Crippen molar-refractivity contribution in [2.45, 2.75) is 6.92 Å². The van der Waals surface area contributed by atoms with Crippen molar-refractivity contribution in [3.63, 3.8) is 0 Å². The Bertz CT molecular complexity index is 620. The Morgan fingerprint density at radius 3 is 2.30 bits per heavy atom. The number of nitrogens with one attached hydrogen (secondary N) is 2. The molecule has 0 aliphatic carbocycles. The van der Waals surface area contributed by atoms with Crippen LogP contribution in [0, 0.1) is 5.41 Å². The largest absolute Gasteiger partial charge is 0.383 e. The highest BCUT2D eigenvalue weighted by Crippen LogP contribution is 2.28. The van der Waals surface area contributed by atoms with Gasteiger partial charge in [0.05, 0.1) is 5.71 Å². The lowest BCUT2D eigenvalue weighted by molar-refractivity contribution is 1.04. The second kappa shape index (κ2) is 5.69. The van der Waals surface area contributed by atoms with Gasteiger partial charge in [-0.3, -0.25) is 0 Å². The van der Waals surface area contributed by atoms with Gasteiger partial charge in [0.15, 0.2) is 11.6 Å². The summed E-state index contributed by atoms with van der Waals surface area (Å²) in [5.41, 5.74) is 2.77. The average molecular weight is 269 g/mol. The minimum Gasteiger partial charge on any atom is -0.383 e. The molecule has 104 valence electrons. The Morgan fingerprint density at radius 2 is 1.80 bits per heavy atom. The fourth-order valence-electron chi connectivity index (χ4n) is 1.99. The molecule has 5 heteroatoms. The van der Waals surface area contributed by atoms with Crippen molar-refractivity contribution in [3.8, 4) is 11.4 Å². The normalized spacial score (nSPS) is 10.2. The minimum atomic E-state index is 0.414. The first-order valence-corrected chi connectivity index (χ1v) is 6.42. The summed E-state index contributed by atoms with van der Waals surface area (Å²) in [6.45, 7) is 1.73. The number of nitrogens with zero attached hydrogens (tertiary/aromatic N) is 3. The van der Waals surface area contributed by atoms with Crippen LogP contribution < -0.4 is 10.2 Å². The molecular weight excluding hydrogens is 250 g/mol. The van der Waals surface area contributed by atoms with Crippen LogP contribution in [0.25, 0.3) is 11.4 Å². The number of rotatable bonds is 4. The summed E-state index contributed by atoms with van der Waals surface area (Å²) in [5, 5.41) is 11.0. The quantitative estimate of drug-likeness (QED) is 0.837. The number of hydrogen-bond acceptors (Lipinski definition) is 5. The number of benzene rings is 1. The molecule has 0 radical (unpaired) electrons.